The van der Waals surface area contributed by atoms with Crippen molar-refractivity contribution in [1.29, 1.82) is 0 Å². The zero-order chi connectivity index (χ0) is 10.2. The molecule has 0 saturated heterocycles. The Bertz CT molecular complexity index is 292. The molecule has 2 heteroatoms. The molecule has 0 saturated carbocycles. The second-order valence-corrected chi connectivity index (χ2v) is 3.12. The van der Waals surface area contributed by atoms with Gasteiger partial charge in [0.25, 0.3) is 0 Å². The minimum absolute atomic E-state index is 0.0971. The average molecular weight is 192 g/mol. The Hall–Kier alpha value is -1.12. The fraction of sp³-hybridized carbons (Fsp3) is 0.333. The maximum Gasteiger partial charge on any atom is 0.0684 e. The van der Waals surface area contributed by atoms with Crippen molar-refractivity contribution in [3.8, 4) is 0 Å². The highest BCUT2D eigenvalue weighted by Crippen LogP contribution is 2.11. The molecule has 0 radical (unpaired) electrons. The van der Waals surface area contributed by atoms with Gasteiger partial charge in [0, 0.05) is 0 Å². The highest BCUT2D eigenvalue weighted by atomic mass is 16.3. The summed E-state index contributed by atoms with van der Waals surface area (Å²) in [6, 6.07) is 7.87. The Kier molecular flexibility index (Phi) is 4.97. The number of aliphatic hydroxyl groups excluding tert-OH is 2. The lowest BCUT2D eigenvalue weighted by molar-refractivity contribution is 0.280. The summed E-state index contributed by atoms with van der Waals surface area (Å²) in [7, 11) is 0. The predicted molar refractivity (Wildman–Crippen MR) is 56.9 cm³/mol. The highest BCUT2D eigenvalue weighted by molar-refractivity contribution is 5.26. The lowest BCUT2D eigenvalue weighted by Crippen LogP contribution is -1.92. The highest BCUT2D eigenvalue weighted by Gasteiger charge is 1.97. The summed E-state index contributed by atoms with van der Waals surface area (Å²) in [5.41, 5.74) is 2.17. The predicted octanol–water partition coefficient (Wildman–Crippen LogP) is 1.66. The molecule has 0 aliphatic carbocycles. The van der Waals surface area contributed by atoms with Gasteiger partial charge in [-0.3, -0.25) is 0 Å². The van der Waals surface area contributed by atoms with Crippen molar-refractivity contribution in [2.24, 2.45) is 0 Å². The molecule has 1 rings (SSSR count). The Balaban J connectivity index is 2.53. The Labute approximate surface area is 84.5 Å². The van der Waals surface area contributed by atoms with Gasteiger partial charge in [0.1, 0.15) is 0 Å². The lowest BCUT2D eigenvalue weighted by atomic mass is 10.0. The van der Waals surface area contributed by atoms with Crippen molar-refractivity contribution in [1.82, 2.24) is 0 Å². The fourth-order valence-electron chi connectivity index (χ4n) is 1.39. The van der Waals surface area contributed by atoms with Gasteiger partial charge in [-0.15, -0.1) is 0 Å². The molecule has 14 heavy (non-hydrogen) atoms. The standard InChI is InChI=1S/C12H16O2/c13-9-5-1-2-6-11-7-3-4-8-12(11)10-14/h1,3-5,7-8,13-14H,2,6,9-10H2/b5-1+. The van der Waals surface area contributed by atoms with Crippen molar-refractivity contribution < 1.29 is 10.2 Å². The van der Waals surface area contributed by atoms with Crippen LogP contribution in [0.25, 0.3) is 0 Å². The molecule has 0 aliphatic heterocycles. The van der Waals surface area contributed by atoms with Crippen LogP contribution in [0, 0.1) is 0 Å². The van der Waals surface area contributed by atoms with E-state index < -0.39 is 0 Å². The van der Waals surface area contributed by atoms with Crippen molar-refractivity contribution in [2.45, 2.75) is 19.4 Å². The quantitative estimate of drug-likeness (QED) is 0.696. The molecule has 0 aromatic heterocycles. The zero-order valence-corrected chi connectivity index (χ0v) is 8.19. The molecule has 1 aromatic carbocycles. The minimum Gasteiger partial charge on any atom is -0.392 e. The molecule has 0 atom stereocenters. The molecular formula is C12H16O2. The van der Waals surface area contributed by atoms with Crippen molar-refractivity contribution in [3.63, 3.8) is 0 Å². The van der Waals surface area contributed by atoms with Gasteiger partial charge in [-0.25, -0.2) is 0 Å². The fourth-order valence-corrected chi connectivity index (χ4v) is 1.39. The number of hydrogen-bond donors (Lipinski definition) is 2. The molecule has 2 N–H and O–H groups in total. The number of allylic oxidation sites excluding steroid dienone is 1. The maximum atomic E-state index is 9.06. The summed E-state index contributed by atoms with van der Waals surface area (Å²) < 4.78 is 0. The summed E-state index contributed by atoms with van der Waals surface area (Å²) in [5, 5.41) is 17.6. The molecule has 0 fully saturated rings. The molecule has 0 unspecified atom stereocenters. The molecule has 0 bridgehead atoms. The van der Waals surface area contributed by atoms with Gasteiger partial charge in [-0.2, -0.15) is 0 Å². The Morgan fingerprint density at radius 1 is 1.00 bits per heavy atom. The topological polar surface area (TPSA) is 40.5 Å². The van der Waals surface area contributed by atoms with Crippen LogP contribution < -0.4 is 0 Å². The molecule has 2 nitrogen and oxygen atoms in total. The maximum absolute atomic E-state index is 9.06. The number of aliphatic hydroxyl groups is 2. The summed E-state index contributed by atoms with van der Waals surface area (Å²) in [6.45, 7) is 0.196. The smallest absolute Gasteiger partial charge is 0.0684 e. The van der Waals surface area contributed by atoms with Gasteiger partial charge in [0.15, 0.2) is 0 Å². The lowest BCUT2D eigenvalue weighted by Gasteiger charge is -2.04. The molecule has 76 valence electrons. The van der Waals surface area contributed by atoms with E-state index in [1.54, 1.807) is 6.08 Å². The van der Waals surface area contributed by atoms with E-state index in [2.05, 4.69) is 0 Å². The minimum atomic E-state index is 0.0971. The molecule has 0 amide bonds. The van der Waals surface area contributed by atoms with Crippen LogP contribution in [-0.4, -0.2) is 16.8 Å². The number of rotatable bonds is 5. The van der Waals surface area contributed by atoms with E-state index in [9.17, 15) is 0 Å². The van der Waals surface area contributed by atoms with Gasteiger partial charge in [-0.05, 0) is 24.0 Å². The second-order valence-electron chi connectivity index (χ2n) is 3.12. The van der Waals surface area contributed by atoms with Crippen LogP contribution in [0.5, 0.6) is 0 Å². The molecular weight excluding hydrogens is 176 g/mol. The van der Waals surface area contributed by atoms with E-state index in [4.69, 9.17) is 10.2 Å². The molecule has 1 aromatic rings. The number of aryl methyl sites for hydroxylation is 1. The average Bonchev–Trinajstić information content (AvgIpc) is 2.25. The van der Waals surface area contributed by atoms with Crippen LogP contribution >= 0.6 is 0 Å². The largest absolute Gasteiger partial charge is 0.392 e. The van der Waals surface area contributed by atoms with Crippen LogP contribution in [0.15, 0.2) is 36.4 Å². The first kappa shape index (κ1) is 11.0. The molecule has 0 aliphatic rings. The zero-order valence-electron chi connectivity index (χ0n) is 8.19. The van der Waals surface area contributed by atoms with E-state index in [0.717, 1.165) is 18.4 Å². The van der Waals surface area contributed by atoms with E-state index in [-0.39, 0.29) is 13.2 Å². The van der Waals surface area contributed by atoms with Gasteiger partial charge in [0.2, 0.25) is 0 Å². The van der Waals surface area contributed by atoms with Crippen LogP contribution in [0.3, 0.4) is 0 Å². The van der Waals surface area contributed by atoms with Gasteiger partial charge >= 0.3 is 0 Å². The van der Waals surface area contributed by atoms with E-state index >= 15 is 0 Å². The van der Waals surface area contributed by atoms with Crippen molar-refractivity contribution in [3.05, 3.63) is 47.5 Å². The summed E-state index contributed by atoms with van der Waals surface area (Å²) in [6.07, 6.45) is 5.50. The normalized spacial score (nSPS) is 11.0. The summed E-state index contributed by atoms with van der Waals surface area (Å²) in [4.78, 5) is 0. The number of hydrogen-bond acceptors (Lipinski definition) is 2. The van der Waals surface area contributed by atoms with E-state index in [1.807, 2.05) is 30.3 Å². The monoisotopic (exact) mass is 192 g/mol. The van der Waals surface area contributed by atoms with Crippen LogP contribution in [-0.2, 0) is 13.0 Å². The Morgan fingerprint density at radius 3 is 2.36 bits per heavy atom. The van der Waals surface area contributed by atoms with Crippen molar-refractivity contribution >= 4 is 0 Å². The third kappa shape index (κ3) is 3.32. The van der Waals surface area contributed by atoms with Crippen LogP contribution in [0.4, 0.5) is 0 Å². The van der Waals surface area contributed by atoms with Crippen LogP contribution in [0.1, 0.15) is 17.5 Å². The first-order valence-corrected chi connectivity index (χ1v) is 4.82. The van der Waals surface area contributed by atoms with Crippen molar-refractivity contribution in [2.75, 3.05) is 6.61 Å². The third-order valence-electron chi connectivity index (χ3n) is 2.14. The summed E-state index contributed by atoms with van der Waals surface area (Å²) in [5.74, 6) is 0. The first-order valence-electron chi connectivity index (χ1n) is 4.82. The third-order valence-corrected chi connectivity index (χ3v) is 2.14. The molecule has 0 spiro atoms. The summed E-state index contributed by atoms with van der Waals surface area (Å²) >= 11 is 0. The van der Waals surface area contributed by atoms with E-state index in [0.29, 0.717) is 0 Å². The van der Waals surface area contributed by atoms with E-state index in [1.165, 1.54) is 5.56 Å². The van der Waals surface area contributed by atoms with Gasteiger partial charge < -0.3 is 10.2 Å². The SMILES string of the molecule is OC/C=C/CCc1ccccc1CO. The second kappa shape index (κ2) is 6.35. The Morgan fingerprint density at radius 2 is 1.71 bits per heavy atom. The van der Waals surface area contributed by atoms with Gasteiger partial charge in [0.05, 0.1) is 13.2 Å². The first-order chi connectivity index (χ1) is 6.88. The van der Waals surface area contributed by atoms with Crippen LogP contribution in [0.2, 0.25) is 0 Å². The van der Waals surface area contributed by atoms with Gasteiger partial charge in [-0.1, -0.05) is 36.4 Å². The number of benzene rings is 1. The molecule has 0 heterocycles.